The molecule has 0 atom stereocenters. The van der Waals surface area contributed by atoms with E-state index in [1.165, 1.54) is 0 Å². The zero-order valence-corrected chi connectivity index (χ0v) is 13.0. The van der Waals surface area contributed by atoms with Crippen molar-refractivity contribution in [1.29, 1.82) is 0 Å². The summed E-state index contributed by atoms with van der Waals surface area (Å²) in [7, 11) is 1.85. The van der Waals surface area contributed by atoms with E-state index >= 15 is 0 Å². The van der Waals surface area contributed by atoms with Crippen molar-refractivity contribution in [3.63, 3.8) is 0 Å². The van der Waals surface area contributed by atoms with Gasteiger partial charge in [0.1, 0.15) is 0 Å². The number of alkyl halides is 1. The van der Waals surface area contributed by atoms with E-state index in [-0.39, 0.29) is 12.0 Å². The Bertz CT molecular complexity index is 420. The minimum Gasteiger partial charge on any atom is -0.377 e. The van der Waals surface area contributed by atoms with Crippen molar-refractivity contribution in [3.8, 4) is 0 Å². The monoisotopic (exact) mass is 329 g/mol. The van der Waals surface area contributed by atoms with Gasteiger partial charge in [-0.05, 0) is 25.8 Å². The van der Waals surface area contributed by atoms with Gasteiger partial charge in [0.05, 0.1) is 12.7 Å². The summed E-state index contributed by atoms with van der Waals surface area (Å²) in [5.74, 6) is 0.0302. The van der Waals surface area contributed by atoms with Gasteiger partial charge >= 0.3 is 0 Å². The quantitative estimate of drug-likeness (QED) is 0.790. The van der Waals surface area contributed by atoms with Crippen molar-refractivity contribution in [2.24, 2.45) is 7.05 Å². The average Bonchev–Trinajstić information content (AvgIpc) is 2.76. The van der Waals surface area contributed by atoms with Crippen molar-refractivity contribution in [3.05, 3.63) is 17.5 Å². The molecule has 1 amide bonds. The van der Waals surface area contributed by atoms with Gasteiger partial charge in [-0.1, -0.05) is 15.9 Å². The summed E-state index contributed by atoms with van der Waals surface area (Å²) >= 11 is 3.35. The number of hydrogen-bond donors (Lipinski definition) is 0. The Morgan fingerprint density at radius 1 is 1.53 bits per heavy atom. The molecular formula is C13H20BrN3O2. The largest absolute Gasteiger partial charge is 0.377 e. The number of rotatable bonds is 4. The van der Waals surface area contributed by atoms with Crippen LogP contribution >= 0.6 is 15.9 Å². The molecule has 0 aliphatic carbocycles. The van der Waals surface area contributed by atoms with Crippen molar-refractivity contribution in [1.82, 2.24) is 14.7 Å². The highest BCUT2D eigenvalue weighted by Gasteiger charge is 2.25. The molecule has 1 aliphatic rings. The molecule has 0 radical (unpaired) electrons. The number of aryl methyl sites for hydroxylation is 2. The van der Waals surface area contributed by atoms with E-state index < -0.39 is 0 Å². The summed E-state index contributed by atoms with van der Waals surface area (Å²) in [6.07, 6.45) is 2.10. The zero-order valence-electron chi connectivity index (χ0n) is 11.4. The van der Waals surface area contributed by atoms with Crippen molar-refractivity contribution >= 4 is 21.8 Å². The highest BCUT2D eigenvalue weighted by molar-refractivity contribution is 9.09. The van der Waals surface area contributed by atoms with Gasteiger partial charge < -0.3 is 9.64 Å². The Morgan fingerprint density at radius 3 is 2.74 bits per heavy atom. The molecule has 19 heavy (non-hydrogen) atoms. The van der Waals surface area contributed by atoms with Gasteiger partial charge in [0.15, 0.2) is 5.69 Å². The van der Waals surface area contributed by atoms with Gasteiger partial charge in [0.2, 0.25) is 0 Å². The molecule has 5 nitrogen and oxygen atoms in total. The maximum Gasteiger partial charge on any atom is 0.274 e. The standard InChI is InChI=1S/C13H20BrN3O2/c1-10-9-12(15-16(10)2)13(18)17-6-3-11(4-7-17)19-8-5-14/h9,11H,3-8H2,1-2H3. The molecule has 1 saturated heterocycles. The molecule has 0 aromatic carbocycles. The summed E-state index contributed by atoms with van der Waals surface area (Å²) in [5.41, 5.74) is 1.54. The fraction of sp³-hybridized carbons (Fsp3) is 0.692. The number of nitrogens with zero attached hydrogens (tertiary/aromatic N) is 3. The van der Waals surface area contributed by atoms with Crippen LogP contribution in [0.15, 0.2) is 6.07 Å². The molecule has 2 rings (SSSR count). The SMILES string of the molecule is Cc1cc(C(=O)N2CCC(OCCBr)CC2)nn1C. The lowest BCUT2D eigenvalue weighted by atomic mass is 10.1. The van der Waals surface area contributed by atoms with Crippen LogP contribution in [-0.2, 0) is 11.8 Å². The van der Waals surface area contributed by atoms with Gasteiger partial charge in [-0.25, -0.2) is 0 Å². The van der Waals surface area contributed by atoms with Crippen LogP contribution in [0.1, 0.15) is 29.0 Å². The van der Waals surface area contributed by atoms with E-state index in [1.807, 2.05) is 24.9 Å². The van der Waals surface area contributed by atoms with E-state index in [0.717, 1.165) is 43.6 Å². The van der Waals surface area contributed by atoms with E-state index in [1.54, 1.807) is 4.68 Å². The first kappa shape index (κ1) is 14.5. The average molecular weight is 330 g/mol. The molecule has 106 valence electrons. The van der Waals surface area contributed by atoms with Crippen LogP contribution in [0.3, 0.4) is 0 Å². The number of hydrogen-bond acceptors (Lipinski definition) is 3. The maximum absolute atomic E-state index is 12.3. The van der Waals surface area contributed by atoms with Crippen LogP contribution < -0.4 is 0 Å². The first-order chi connectivity index (χ1) is 9.11. The molecule has 2 heterocycles. The number of amides is 1. The third-order valence-electron chi connectivity index (χ3n) is 3.49. The van der Waals surface area contributed by atoms with Gasteiger partial charge in [0.25, 0.3) is 5.91 Å². The highest BCUT2D eigenvalue weighted by atomic mass is 79.9. The molecule has 1 aromatic rings. The normalized spacial score (nSPS) is 16.9. The van der Waals surface area contributed by atoms with Crippen LogP contribution in [0.5, 0.6) is 0 Å². The van der Waals surface area contributed by atoms with Crippen LogP contribution in [-0.4, -0.2) is 51.7 Å². The smallest absolute Gasteiger partial charge is 0.274 e. The molecule has 0 N–H and O–H groups in total. The topological polar surface area (TPSA) is 47.4 Å². The number of aromatic nitrogens is 2. The first-order valence-electron chi connectivity index (χ1n) is 6.59. The highest BCUT2D eigenvalue weighted by Crippen LogP contribution is 2.16. The minimum absolute atomic E-state index is 0.0302. The molecule has 1 aliphatic heterocycles. The number of carbonyl (C=O) groups is 1. The second-order valence-corrected chi connectivity index (χ2v) is 5.64. The number of ether oxygens (including phenoxy) is 1. The van der Waals surface area contributed by atoms with Crippen molar-refractivity contribution in [2.45, 2.75) is 25.9 Å². The van der Waals surface area contributed by atoms with E-state index in [4.69, 9.17) is 4.74 Å². The summed E-state index contributed by atoms with van der Waals surface area (Å²) in [4.78, 5) is 14.2. The third kappa shape index (κ3) is 3.57. The van der Waals surface area contributed by atoms with Gasteiger partial charge in [-0.2, -0.15) is 5.10 Å². The Labute approximate surface area is 122 Å². The molecular weight excluding hydrogens is 310 g/mol. The van der Waals surface area contributed by atoms with Crippen molar-refractivity contribution in [2.75, 3.05) is 25.0 Å². The third-order valence-corrected chi connectivity index (χ3v) is 3.82. The Kier molecular flexibility index (Phi) is 4.99. The van der Waals surface area contributed by atoms with Crippen LogP contribution in [0.4, 0.5) is 0 Å². The number of likely N-dealkylation sites (tertiary alicyclic amines) is 1. The fourth-order valence-electron chi connectivity index (χ4n) is 2.26. The van der Waals surface area contributed by atoms with Gasteiger partial charge in [-0.15, -0.1) is 0 Å². The Morgan fingerprint density at radius 2 is 2.21 bits per heavy atom. The maximum atomic E-state index is 12.3. The Hall–Kier alpha value is -0.880. The van der Waals surface area contributed by atoms with E-state index in [9.17, 15) is 4.79 Å². The second kappa shape index (κ2) is 6.52. The first-order valence-corrected chi connectivity index (χ1v) is 7.71. The van der Waals surface area contributed by atoms with Gasteiger partial charge in [0, 0.05) is 31.2 Å². The van der Waals surface area contributed by atoms with Gasteiger partial charge in [-0.3, -0.25) is 9.48 Å². The molecule has 1 aromatic heterocycles. The minimum atomic E-state index is 0.0302. The van der Waals surface area contributed by atoms with Crippen LogP contribution in [0, 0.1) is 6.92 Å². The predicted octanol–water partition coefficient (Wildman–Crippen LogP) is 1.74. The molecule has 0 bridgehead atoms. The summed E-state index contributed by atoms with van der Waals surface area (Å²) in [5, 5.41) is 5.10. The number of carbonyl (C=O) groups excluding carboxylic acids is 1. The molecule has 0 spiro atoms. The number of halogens is 1. The molecule has 1 fully saturated rings. The lowest BCUT2D eigenvalue weighted by molar-refractivity contribution is 0.0158. The van der Waals surface area contributed by atoms with E-state index in [2.05, 4.69) is 21.0 Å². The second-order valence-electron chi connectivity index (χ2n) is 4.85. The molecule has 0 unspecified atom stereocenters. The van der Waals surface area contributed by atoms with Crippen LogP contribution in [0.2, 0.25) is 0 Å². The lowest BCUT2D eigenvalue weighted by Gasteiger charge is -2.31. The summed E-state index contributed by atoms with van der Waals surface area (Å²) in [6, 6.07) is 1.84. The van der Waals surface area contributed by atoms with Crippen molar-refractivity contribution < 1.29 is 9.53 Å². The van der Waals surface area contributed by atoms with E-state index in [0.29, 0.717) is 5.69 Å². The molecule has 6 heteroatoms. The molecule has 0 saturated carbocycles. The zero-order chi connectivity index (χ0) is 13.8. The lowest BCUT2D eigenvalue weighted by Crippen LogP contribution is -2.41. The Balaban J connectivity index is 1.89. The summed E-state index contributed by atoms with van der Waals surface area (Å²) < 4.78 is 7.42. The summed E-state index contributed by atoms with van der Waals surface area (Å²) in [6.45, 7) is 4.19. The number of piperidine rings is 1. The fourth-order valence-corrected chi connectivity index (χ4v) is 2.45. The predicted molar refractivity (Wildman–Crippen MR) is 76.6 cm³/mol. The van der Waals surface area contributed by atoms with Crippen LogP contribution in [0.25, 0.3) is 0 Å².